The SMILES string of the molecule is COC(=O)c1c(OP(=O)(Oc2cccc(C(=O)O)c2C(=O)OC)Oc2cccc(C(=O)O)c2C(=O)OC)cccc1C(=O)O. The second kappa shape index (κ2) is 13.4. The summed E-state index contributed by atoms with van der Waals surface area (Å²) in [4.78, 5) is 73.3. The quantitative estimate of drug-likeness (QED) is 0.146. The van der Waals surface area contributed by atoms with Gasteiger partial charge in [-0.3, -0.25) is 0 Å². The zero-order chi connectivity index (χ0) is 32.8. The lowest BCUT2D eigenvalue weighted by Crippen LogP contribution is -2.18. The minimum absolute atomic E-state index is 0.674. The van der Waals surface area contributed by atoms with Crippen LogP contribution in [-0.2, 0) is 18.8 Å². The fraction of sp³-hybridized carbons (Fsp3) is 0.111. The van der Waals surface area contributed by atoms with Crippen LogP contribution in [0.3, 0.4) is 0 Å². The van der Waals surface area contributed by atoms with Crippen molar-refractivity contribution >= 4 is 43.6 Å². The van der Waals surface area contributed by atoms with Gasteiger partial charge in [-0.15, -0.1) is 0 Å². The molecular weight excluding hydrogens is 611 g/mol. The summed E-state index contributed by atoms with van der Waals surface area (Å²) in [6.07, 6.45) is 0. The van der Waals surface area contributed by atoms with Gasteiger partial charge in [0, 0.05) is 0 Å². The first kappa shape index (κ1) is 32.6. The molecule has 0 fully saturated rings. The molecule has 230 valence electrons. The Kier molecular flexibility index (Phi) is 9.93. The van der Waals surface area contributed by atoms with E-state index in [1.807, 2.05) is 0 Å². The maximum atomic E-state index is 14.4. The Bertz CT molecular complexity index is 1530. The van der Waals surface area contributed by atoms with Gasteiger partial charge >= 0.3 is 43.6 Å². The van der Waals surface area contributed by atoms with Crippen molar-refractivity contribution < 1.29 is 76.4 Å². The Balaban J connectivity index is 2.34. The molecule has 0 saturated carbocycles. The van der Waals surface area contributed by atoms with Crippen molar-refractivity contribution in [2.75, 3.05) is 21.3 Å². The Morgan fingerprint density at radius 2 is 0.750 bits per heavy atom. The molecule has 44 heavy (non-hydrogen) atoms. The zero-order valence-electron chi connectivity index (χ0n) is 22.8. The third kappa shape index (κ3) is 6.77. The predicted octanol–water partition coefficient (Wildman–Crippen LogP) is 3.79. The highest BCUT2D eigenvalue weighted by atomic mass is 31.2. The van der Waals surface area contributed by atoms with Crippen molar-refractivity contribution in [2.45, 2.75) is 0 Å². The smallest absolute Gasteiger partial charge is 0.478 e. The summed E-state index contributed by atoms with van der Waals surface area (Å²) < 4.78 is 44.6. The van der Waals surface area contributed by atoms with Gasteiger partial charge in [-0.2, -0.15) is 4.57 Å². The second-order valence-electron chi connectivity index (χ2n) is 8.15. The summed E-state index contributed by atoms with van der Waals surface area (Å²) in [5.74, 6) is -11.0. The number of esters is 3. The van der Waals surface area contributed by atoms with Crippen LogP contribution in [0.4, 0.5) is 0 Å². The van der Waals surface area contributed by atoms with Crippen LogP contribution < -0.4 is 13.6 Å². The first-order valence-electron chi connectivity index (χ1n) is 11.8. The Morgan fingerprint density at radius 1 is 0.500 bits per heavy atom. The summed E-state index contributed by atoms with van der Waals surface area (Å²) in [5.41, 5.74) is -4.33. The molecule has 0 aliphatic heterocycles. The molecule has 3 rings (SSSR count). The molecule has 3 N–H and O–H groups in total. The number of benzene rings is 3. The van der Waals surface area contributed by atoms with E-state index in [0.29, 0.717) is 0 Å². The largest absolute Gasteiger partial charge is 0.647 e. The highest BCUT2D eigenvalue weighted by molar-refractivity contribution is 7.49. The average molecular weight is 632 g/mol. The van der Waals surface area contributed by atoms with Gasteiger partial charge in [-0.1, -0.05) is 18.2 Å². The molecule has 0 aliphatic rings. The summed E-state index contributed by atoms with van der Waals surface area (Å²) in [5, 5.41) is 28.8. The number of methoxy groups -OCH3 is 3. The lowest BCUT2D eigenvalue weighted by molar-refractivity contribution is 0.0578. The Labute approximate surface area is 246 Å². The van der Waals surface area contributed by atoms with Crippen molar-refractivity contribution in [1.82, 2.24) is 0 Å². The maximum absolute atomic E-state index is 14.4. The van der Waals surface area contributed by atoms with Gasteiger partial charge in [0.1, 0.15) is 33.9 Å². The number of carboxylic acids is 3. The van der Waals surface area contributed by atoms with Crippen LogP contribution in [-0.4, -0.2) is 72.5 Å². The first-order valence-corrected chi connectivity index (χ1v) is 13.3. The third-order valence-corrected chi connectivity index (χ3v) is 6.83. The number of rotatable bonds is 12. The fourth-order valence-corrected chi connectivity index (χ4v) is 5.00. The van der Waals surface area contributed by atoms with E-state index in [1.54, 1.807) is 0 Å². The minimum Gasteiger partial charge on any atom is -0.478 e. The molecule has 0 saturated heterocycles. The van der Waals surface area contributed by atoms with E-state index in [9.17, 15) is 48.7 Å². The second-order valence-corrected chi connectivity index (χ2v) is 9.59. The van der Waals surface area contributed by atoms with Crippen LogP contribution >= 0.6 is 7.82 Å². The van der Waals surface area contributed by atoms with Gasteiger partial charge in [-0.25, -0.2) is 28.8 Å². The van der Waals surface area contributed by atoms with Crippen molar-refractivity contribution in [2.24, 2.45) is 0 Å². The van der Waals surface area contributed by atoms with E-state index in [2.05, 4.69) is 14.2 Å². The summed E-state index contributed by atoms with van der Waals surface area (Å²) in [6, 6.07) is 9.16. The number of carbonyl (C=O) groups excluding carboxylic acids is 3. The Hall–Kier alpha value is -5.89. The molecule has 0 atom stereocenters. The van der Waals surface area contributed by atoms with E-state index >= 15 is 0 Å². The van der Waals surface area contributed by atoms with E-state index in [-0.39, 0.29) is 0 Å². The maximum Gasteiger partial charge on any atom is 0.647 e. The van der Waals surface area contributed by atoms with E-state index in [0.717, 1.165) is 75.9 Å². The number of carboxylic acid groups (broad SMARTS) is 3. The molecule has 0 aliphatic carbocycles. The first-order chi connectivity index (χ1) is 20.8. The van der Waals surface area contributed by atoms with Gasteiger partial charge in [0.2, 0.25) is 0 Å². The lowest BCUT2D eigenvalue weighted by atomic mass is 10.1. The highest BCUT2D eigenvalue weighted by Gasteiger charge is 2.40. The van der Waals surface area contributed by atoms with Gasteiger partial charge in [-0.05, 0) is 36.4 Å². The highest BCUT2D eigenvalue weighted by Crippen LogP contribution is 2.52. The number of aromatic carboxylic acids is 3. The van der Waals surface area contributed by atoms with Crippen molar-refractivity contribution in [3.63, 3.8) is 0 Å². The van der Waals surface area contributed by atoms with Crippen LogP contribution in [0.2, 0.25) is 0 Å². The number of hydrogen-bond acceptors (Lipinski definition) is 13. The lowest BCUT2D eigenvalue weighted by Gasteiger charge is -2.23. The molecule has 0 unspecified atom stereocenters. The molecule has 17 heteroatoms. The van der Waals surface area contributed by atoms with Crippen LogP contribution in [0.1, 0.15) is 62.1 Å². The number of carbonyl (C=O) groups is 6. The van der Waals surface area contributed by atoms with E-state index in [4.69, 9.17) is 13.6 Å². The summed E-state index contributed by atoms with van der Waals surface area (Å²) in [6.45, 7) is 0. The summed E-state index contributed by atoms with van der Waals surface area (Å²) in [7, 11) is -2.73. The number of hydrogen-bond donors (Lipinski definition) is 3. The molecule has 0 heterocycles. The average Bonchev–Trinajstić information content (AvgIpc) is 2.99. The van der Waals surface area contributed by atoms with Gasteiger partial charge in [0.05, 0.1) is 38.0 Å². The number of phosphoric ester groups is 1. The van der Waals surface area contributed by atoms with Gasteiger partial charge < -0.3 is 43.1 Å². The summed E-state index contributed by atoms with van der Waals surface area (Å²) >= 11 is 0. The topological polar surface area (TPSA) is 236 Å². The molecule has 16 nitrogen and oxygen atoms in total. The van der Waals surface area contributed by atoms with Crippen molar-refractivity contribution in [3.8, 4) is 17.2 Å². The number of phosphoric acid groups is 1. The van der Waals surface area contributed by atoms with Crippen LogP contribution in [0.15, 0.2) is 54.6 Å². The van der Waals surface area contributed by atoms with Gasteiger partial charge in [0.15, 0.2) is 0 Å². The standard InChI is InChI=1S/C27H21O16P/c1-38-25(34)19-13(22(28)29)7-4-10-16(19)41-44(37,42-17-11-5-8-14(23(30)31)20(17)26(35)39-2)43-18-12-6-9-15(24(32)33)21(18)27(36)40-3/h4-12H,1-3H3,(H,28,29)(H,30,31)(H,32,33). The van der Waals surface area contributed by atoms with E-state index < -0.39 is 94.3 Å². The van der Waals surface area contributed by atoms with Crippen LogP contribution in [0.25, 0.3) is 0 Å². The van der Waals surface area contributed by atoms with Crippen LogP contribution in [0, 0.1) is 0 Å². The van der Waals surface area contributed by atoms with Crippen molar-refractivity contribution in [3.05, 3.63) is 88.0 Å². The zero-order valence-corrected chi connectivity index (χ0v) is 23.7. The van der Waals surface area contributed by atoms with E-state index in [1.165, 1.54) is 0 Å². The molecule has 0 amide bonds. The monoisotopic (exact) mass is 632 g/mol. The number of ether oxygens (including phenoxy) is 3. The molecule has 0 bridgehead atoms. The normalized spacial score (nSPS) is 10.6. The fourth-order valence-electron chi connectivity index (χ4n) is 3.71. The minimum atomic E-state index is -5.47. The molecule has 0 spiro atoms. The molecule has 3 aromatic rings. The predicted molar refractivity (Wildman–Crippen MR) is 144 cm³/mol. The molecule has 0 radical (unpaired) electrons. The molecule has 0 aromatic heterocycles. The molecular formula is C27H21O16P. The Morgan fingerprint density at radius 3 is 0.955 bits per heavy atom. The molecule has 3 aromatic carbocycles. The van der Waals surface area contributed by atoms with Crippen LogP contribution in [0.5, 0.6) is 17.2 Å². The van der Waals surface area contributed by atoms with Crippen molar-refractivity contribution in [1.29, 1.82) is 0 Å². The third-order valence-electron chi connectivity index (χ3n) is 5.57. The van der Waals surface area contributed by atoms with Gasteiger partial charge in [0.25, 0.3) is 0 Å².